The van der Waals surface area contributed by atoms with Crippen molar-refractivity contribution in [3.63, 3.8) is 0 Å². The van der Waals surface area contributed by atoms with Crippen molar-refractivity contribution in [1.29, 1.82) is 0 Å². The molecular weight excluding hydrogens is 464 g/mol. The van der Waals surface area contributed by atoms with Crippen LogP contribution >= 0.6 is 0 Å². The van der Waals surface area contributed by atoms with Crippen LogP contribution in [0.25, 0.3) is 0 Å². The number of alkyl carbamates (subject to hydrolysis) is 1. The number of anilines is 1. The second-order valence-electron chi connectivity index (χ2n) is 9.90. The molecule has 2 aromatic rings. The van der Waals surface area contributed by atoms with Crippen LogP contribution in [0.15, 0.2) is 36.4 Å². The first-order valence-electron chi connectivity index (χ1n) is 11.8. The topological polar surface area (TPSA) is 131 Å². The third-order valence-electron chi connectivity index (χ3n) is 5.53. The molecule has 2 aromatic carbocycles. The van der Waals surface area contributed by atoms with Gasteiger partial charge in [-0.3, -0.25) is 9.59 Å². The number of esters is 1. The van der Waals surface area contributed by atoms with Crippen LogP contribution < -0.4 is 10.6 Å². The third kappa shape index (κ3) is 6.02. The highest BCUT2D eigenvalue weighted by molar-refractivity contribution is 6.31. The van der Waals surface area contributed by atoms with E-state index in [-0.39, 0.29) is 46.3 Å². The van der Waals surface area contributed by atoms with E-state index in [4.69, 9.17) is 9.47 Å². The normalized spacial score (nSPS) is 13.5. The first-order chi connectivity index (χ1) is 16.9. The Kier molecular flexibility index (Phi) is 8.02. The summed E-state index contributed by atoms with van der Waals surface area (Å²) in [6.45, 7) is 9.17. The number of hydrogen-bond donors (Lipinski definition) is 3. The maximum Gasteiger partial charge on any atom is 0.408 e. The van der Waals surface area contributed by atoms with Gasteiger partial charge in [0.1, 0.15) is 17.4 Å². The summed E-state index contributed by atoms with van der Waals surface area (Å²) >= 11 is 0. The molecule has 0 aromatic heterocycles. The Morgan fingerprint density at radius 3 is 2.17 bits per heavy atom. The molecule has 0 fully saturated rings. The molecule has 0 saturated heterocycles. The summed E-state index contributed by atoms with van der Waals surface area (Å²) < 4.78 is 10.6. The highest BCUT2D eigenvalue weighted by Crippen LogP contribution is 2.36. The molecule has 0 radical (unpaired) electrons. The predicted octanol–water partition coefficient (Wildman–Crippen LogP) is 4.06. The van der Waals surface area contributed by atoms with Crippen LogP contribution in [0.3, 0.4) is 0 Å². The summed E-state index contributed by atoms with van der Waals surface area (Å²) in [4.78, 5) is 50.6. The Bertz CT molecular complexity index is 1180. The van der Waals surface area contributed by atoms with Gasteiger partial charge in [-0.1, -0.05) is 38.1 Å². The Hall–Kier alpha value is -3.88. The molecule has 9 nitrogen and oxygen atoms in total. The maximum atomic E-state index is 13.1. The molecule has 0 bridgehead atoms. The average Bonchev–Trinajstić information content (AvgIpc) is 2.80. The average molecular weight is 497 g/mol. The fourth-order valence-electron chi connectivity index (χ4n) is 3.84. The van der Waals surface area contributed by atoms with Crippen molar-refractivity contribution in [2.24, 2.45) is 5.92 Å². The lowest BCUT2D eigenvalue weighted by Gasteiger charge is -2.24. The van der Waals surface area contributed by atoms with Crippen LogP contribution in [0.1, 0.15) is 72.9 Å². The quantitative estimate of drug-likeness (QED) is 0.242. The number of phenolic OH excluding ortho intramolecular Hbond substituents is 1. The zero-order valence-corrected chi connectivity index (χ0v) is 21.1. The van der Waals surface area contributed by atoms with Crippen LogP contribution in [0.5, 0.6) is 5.75 Å². The largest absolute Gasteiger partial charge is 0.507 e. The Morgan fingerprint density at radius 2 is 1.58 bits per heavy atom. The van der Waals surface area contributed by atoms with Gasteiger partial charge in [0.15, 0.2) is 11.6 Å². The van der Waals surface area contributed by atoms with E-state index in [1.54, 1.807) is 65.0 Å². The molecule has 0 saturated carbocycles. The summed E-state index contributed by atoms with van der Waals surface area (Å²) in [5.74, 6) is -1.80. The van der Waals surface area contributed by atoms with Gasteiger partial charge >= 0.3 is 12.1 Å². The Balaban J connectivity index is 1.59. The minimum absolute atomic E-state index is 0.0249. The van der Waals surface area contributed by atoms with Crippen molar-refractivity contribution in [1.82, 2.24) is 5.32 Å². The van der Waals surface area contributed by atoms with Crippen molar-refractivity contribution in [3.8, 4) is 5.75 Å². The zero-order chi connectivity index (χ0) is 26.6. The lowest BCUT2D eigenvalue weighted by Crippen LogP contribution is -2.47. The Labute approximate surface area is 210 Å². The number of carbonyl (C=O) groups is 4. The van der Waals surface area contributed by atoms with Gasteiger partial charge in [-0.2, -0.15) is 0 Å². The summed E-state index contributed by atoms with van der Waals surface area (Å²) in [5.41, 5.74) is 0.362. The van der Waals surface area contributed by atoms with Crippen LogP contribution in [-0.4, -0.2) is 53.5 Å². The van der Waals surface area contributed by atoms with Gasteiger partial charge in [-0.25, -0.2) is 9.59 Å². The number of aromatic hydroxyl groups is 1. The third-order valence-corrected chi connectivity index (χ3v) is 5.53. The number of amides is 1. The SMILES string of the molecule is CC(C)[C@H](NC(=O)OC(C)(C)C)C(=O)OCCCNc1ccc(O)c2c1C(=O)c1ccccc1C2=O. The Morgan fingerprint density at radius 1 is 0.972 bits per heavy atom. The van der Waals surface area contributed by atoms with Crippen LogP contribution in [0.2, 0.25) is 0 Å². The summed E-state index contributed by atoms with van der Waals surface area (Å²) in [5, 5.41) is 15.9. The van der Waals surface area contributed by atoms with E-state index in [9.17, 15) is 24.3 Å². The molecule has 192 valence electrons. The number of phenols is 1. The van der Waals surface area contributed by atoms with Gasteiger partial charge in [-0.15, -0.1) is 0 Å². The van der Waals surface area contributed by atoms with Crippen LogP contribution in [0, 0.1) is 5.92 Å². The highest BCUT2D eigenvalue weighted by Gasteiger charge is 2.34. The molecule has 0 unspecified atom stereocenters. The second kappa shape index (κ2) is 10.8. The molecule has 1 atom stereocenters. The number of hydrogen-bond acceptors (Lipinski definition) is 8. The molecule has 1 amide bonds. The monoisotopic (exact) mass is 496 g/mol. The van der Waals surface area contributed by atoms with Crippen molar-refractivity contribution in [2.75, 3.05) is 18.5 Å². The number of ketones is 2. The van der Waals surface area contributed by atoms with E-state index in [1.807, 2.05) is 0 Å². The number of rotatable bonds is 8. The zero-order valence-electron chi connectivity index (χ0n) is 21.1. The molecule has 36 heavy (non-hydrogen) atoms. The van der Waals surface area contributed by atoms with Crippen molar-refractivity contribution in [2.45, 2.75) is 52.7 Å². The van der Waals surface area contributed by atoms with E-state index >= 15 is 0 Å². The molecule has 1 aliphatic rings. The first kappa shape index (κ1) is 26.7. The molecular formula is C27H32N2O7. The fraction of sp³-hybridized carbons (Fsp3) is 0.407. The lowest BCUT2D eigenvalue weighted by atomic mass is 9.82. The van der Waals surface area contributed by atoms with E-state index in [0.717, 1.165) is 0 Å². The van der Waals surface area contributed by atoms with Crippen molar-refractivity contribution >= 4 is 29.3 Å². The minimum atomic E-state index is -0.861. The van der Waals surface area contributed by atoms with Gasteiger partial charge in [0.2, 0.25) is 0 Å². The number of fused-ring (bicyclic) bond motifs is 2. The summed E-state index contributed by atoms with van der Waals surface area (Å²) in [6.07, 6.45) is -0.296. The van der Waals surface area contributed by atoms with Gasteiger partial charge in [0.25, 0.3) is 0 Å². The molecule has 1 aliphatic carbocycles. The van der Waals surface area contributed by atoms with Gasteiger partial charge in [-0.05, 0) is 45.2 Å². The molecule has 0 aliphatic heterocycles. The smallest absolute Gasteiger partial charge is 0.408 e. The maximum absolute atomic E-state index is 13.1. The number of ether oxygens (including phenoxy) is 2. The molecule has 3 N–H and O–H groups in total. The minimum Gasteiger partial charge on any atom is -0.507 e. The van der Waals surface area contributed by atoms with Crippen LogP contribution in [0.4, 0.5) is 10.5 Å². The summed E-state index contributed by atoms with van der Waals surface area (Å²) in [6, 6.07) is 8.55. The fourth-order valence-corrected chi connectivity index (χ4v) is 3.84. The van der Waals surface area contributed by atoms with Gasteiger partial charge in [0.05, 0.1) is 17.7 Å². The number of nitrogens with one attached hydrogen (secondary N) is 2. The van der Waals surface area contributed by atoms with E-state index in [1.165, 1.54) is 6.07 Å². The number of carbonyl (C=O) groups excluding carboxylic acids is 4. The van der Waals surface area contributed by atoms with Crippen molar-refractivity contribution in [3.05, 3.63) is 58.7 Å². The highest BCUT2D eigenvalue weighted by atomic mass is 16.6. The van der Waals surface area contributed by atoms with Gasteiger partial charge in [0, 0.05) is 23.4 Å². The van der Waals surface area contributed by atoms with Gasteiger partial charge < -0.3 is 25.2 Å². The van der Waals surface area contributed by atoms with Crippen LogP contribution in [-0.2, 0) is 14.3 Å². The standard InChI is InChI=1S/C27H32N2O7/c1-15(2)22(29-26(34)36-27(3,4)5)25(33)35-14-8-13-28-18-11-12-19(30)21-20(18)23(31)16-9-6-7-10-17(16)24(21)32/h6-7,9-12,15,22,28,30H,8,13-14H2,1-5H3,(H,29,34)/t22-/m0/s1. The number of benzene rings is 2. The first-order valence-corrected chi connectivity index (χ1v) is 11.8. The van der Waals surface area contributed by atoms with E-state index < -0.39 is 29.5 Å². The molecule has 3 rings (SSSR count). The molecule has 0 heterocycles. The molecule has 0 spiro atoms. The summed E-state index contributed by atoms with van der Waals surface area (Å²) in [7, 11) is 0. The second-order valence-corrected chi connectivity index (χ2v) is 9.90. The lowest BCUT2D eigenvalue weighted by molar-refractivity contribution is -0.147. The predicted molar refractivity (Wildman–Crippen MR) is 133 cm³/mol. The van der Waals surface area contributed by atoms with E-state index in [0.29, 0.717) is 18.7 Å². The van der Waals surface area contributed by atoms with Crippen molar-refractivity contribution < 1.29 is 33.8 Å². The van der Waals surface area contributed by atoms with E-state index in [2.05, 4.69) is 10.6 Å². The molecule has 9 heteroatoms.